The summed E-state index contributed by atoms with van der Waals surface area (Å²) in [5.74, 6) is -1.64. The van der Waals surface area contributed by atoms with Crippen LogP contribution in [0.3, 0.4) is 0 Å². The molecule has 2 N–H and O–H groups in total. The van der Waals surface area contributed by atoms with Gasteiger partial charge in [-0.2, -0.15) is 9.97 Å². The molecule has 2 aromatic heterocycles. The summed E-state index contributed by atoms with van der Waals surface area (Å²) >= 11 is 0. The molecular formula is C49H46FN5O8. The molecular weight excluding hydrogens is 806 g/mol. The highest BCUT2D eigenvalue weighted by Gasteiger charge is 2.52. The van der Waals surface area contributed by atoms with Crippen molar-refractivity contribution in [2.24, 2.45) is 5.92 Å². The van der Waals surface area contributed by atoms with E-state index in [4.69, 9.17) is 23.7 Å². The number of halogens is 1. The van der Waals surface area contributed by atoms with E-state index in [1.165, 1.54) is 10.9 Å². The third-order valence-electron chi connectivity index (χ3n) is 11.1. The van der Waals surface area contributed by atoms with Crippen molar-refractivity contribution in [3.8, 4) is 17.4 Å². The Morgan fingerprint density at radius 3 is 1.81 bits per heavy atom. The number of rotatable bonds is 15. The first-order valence-electron chi connectivity index (χ1n) is 20.4. The standard InChI is InChI=1S/C49H46FN5O8/c1-30(2)44(57)53-48-52-43-41(45(54-48)62-47(58)39(31-14-8-5-9-15-31)32-16-10-6-11-17-32)51-29-55(43)46-42(40(50)38(28-56)61-46)63-49(33-18-12-7-13-19-33,34-20-24-36(59-3)25-21-34)35-22-26-37(60-4)27-23-35/h5-27,29-30,38-40,42,46,56H,28H2,1-4H3,(H,52,53,54,57)/t38-,40-,42-,46-/m1/s1. The van der Waals surface area contributed by atoms with Crippen molar-refractivity contribution in [1.82, 2.24) is 19.5 Å². The van der Waals surface area contributed by atoms with Crippen LogP contribution in [0.1, 0.15) is 53.8 Å². The fourth-order valence-electron chi connectivity index (χ4n) is 7.79. The summed E-state index contributed by atoms with van der Waals surface area (Å²) in [5.41, 5.74) is 1.85. The van der Waals surface area contributed by atoms with Crippen LogP contribution in [0.2, 0.25) is 0 Å². The number of aliphatic hydroxyl groups is 1. The zero-order valence-corrected chi connectivity index (χ0v) is 35.0. The Hall–Kier alpha value is -7.00. The second kappa shape index (κ2) is 18.5. The van der Waals surface area contributed by atoms with Crippen LogP contribution < -0.4 is 19.5 Å². The molecule has 3 heterocycles. The molecule has 0 spiro atoms. The summed E-state index contributed by atoms with van der Waals surface area (Å²) in [6, 6.07) is 42.3. The molecule has 0 radical (unpaired) electrons. The van der Waals surface area contributed by atoms with Gasteiger partial charge in [-0.15, -0.1) is 0 Å². The summed E-state index contributed by atoms with van der Waals surface area (Å²) in [7, 11) is 3.14. The van der Waals surface area contributed by atoms with Gasteiger partial charge < -0.3 is 28.8 Å². The van der Waals surface area contributed by atoms with Crippen LogP contribution in [0.25, 0.3) is 11.2 Å². The normalized spacial score (nSPS) is 17.5. The number of anilines is 1. The molecule has 14 heteroatoms. The number of fused-ring (bicyclic) bond motifs is 1. The number of imidazole rings is 1. The van der Waals surface area contributed by atoms with Gasteiger partial charge in [0.15, 0.2) is 23.6 Å². The zero-order valence-electron chi connectivity index (χ0n) is 35.0. The molecule has 0 bridgehead atoms. The summed E-state index contributed by atoms with van der Waals surface area (Å²) in [5, 5.41) is 13.2. The van der Waals surface area contributed by atoms with Gasteiger partial charge in [-0.05, 0) is 52.1 Å². The van der Waals surface area contributed by atoms with Gasteiger partial charge in [0.2, 0.25) is 11.9 Å². The number of carbonyl (C=O) groups excluding carboxylic acids is 2. The average Bonchev–Trinajstić information content (AvgIpc) is 3.88. The summed E-state index contributed by atoms with van der Waals surface area (Å²) in [4.78, 5) is 41.2. The van der Waals surface area contributed by atoms with Crippen LogP contribution in [0, 0.1) is 5.92 Å². The predicted molar refractivity (Wildman–Crippen MR) is 232 cm³/mol. The number of esters is 1. The summed E-state index contributed by atoms with van der Waals surface area (Å²) in [6.45, 7) is 2.74. The highest BCUT2D eigenvalue weighted by atomic mass is 19.1. The highest BCUT2D eigenvalue weighted by molar-refractivity contribution is 5.92. The van der Waals surface area contributed by atoms with Gasteiger partial charge in [-0.25, -0.2) is 9.37 Å². The monoisotopic (exact) mass is 851 g/mol. The number of amides is 1. The number of nitrogens with one attached hydrogen (secondary N) is 1. The lowest BCUT2D eigenvalue weighted by Gasteiger charge is -2.39. The van der Waals surface area contributed by atoms with Crippen molar-refractivity contribution in [3.63, 3.8) is 0 Å². The maximum absolute atomic E-state index is 17.2. The van der Waals surface area contributed by atoms with Crippen LogP contribution in [0.5, 0.6) is 17.4 Å². The Morgan fingerprint density at radius 2 is 1.30 bits per heavy atom. The topological polar surface area (TPSA) is 156 Å². The molecule has 5 aromatic carbocycles. The van der Waals surface area contributed by atoms with E-state index < -0.39 is 60.5 Å². The second-order valence-electron chi connectivity index (χ2n) is 15.3. The predicted octanol–water partition coefficient (Wildman–Crippen LogP) is 7.78. The molecule has 7 aromatic rings. The Labute approximate surface area is 363 Å². The van der Waals surface area contributed by atoms with Crippen molar-refractivity contribution in [3.05, 3.63) is 174 Å². The highest BCUT2D eigenvalue weighted by Crippen LogP contribution is 2.47. The lowest BCUT2D eigenvalue weighted by molar-refractivity contribution is -0.135. The molecule has 1 amide bonds. The van der Waals surface area contributed by atoms with E-state index in [9.17, 15) is 14.7 Å². The van der Waals surface area contributed by atoms with Crippen LogP contribution in [-0.2, 0) is 24.7 Å². The van der Waals surface area contributed by atoms with E-state index in [2.05, 4.69) is 20.3 Å². The summed E-state index contributed by atoms with van der Waals surface area (Å²) < 4.78 is 49.3. The van der Waals surface area contributed by atoms with Gasteiger partial charge in [0.25, 0.3) is 5.88 Å². The van der Waals surface area contributed by atoms with Crippen LogP contribution in [0.4, 0.5) is 10.3 Å². The van der Waals surface area contributed by atoms with Gasteiger partial charge in [0, 0.05) is 5.92 Å². The van der Waals surface area contributed by atoms with E-state index in [0.717, 1.165) is 0 Å². The third kappa shape index (κ3) is 8.48. The van der Waals surface area contributed by atoms with Crippen molar-refractivity contribution in [2.45, 2.75) is 50.0 Å². The molecule has 1 fully saturated rings. The Balaban J connectivity index is 1.27. The molecule has 0 unspecified atom stereocenters. The Bertz CT molecular complexity index is 2560. The lowest BCUT2D eigenvalue weighted by atomic mass is 9.79. The van der Waals surface area contributed by atoms with E-state index >= 15 is 4.39 Å². The maximum Gasteiger partial charge on any atom is 0.324 e. The van der Waals surface area contributed by atoms with Gasteiger partial charge in [-0.3, -0.25) is 19.5 Å². The second-order valence-corrected chi connectivity index (χ2v) is 15.3. The molecule has 1 aliphatic heterocycles. The van der Waals surface area contributed by atoms with E-state index in [-0.39, 0.29) is 23.0 Å². The third-order valence-corrected chi connectivity index (χ3v) is 11.1. The molecule has 8 rings (SSSR count). The van der Waals surface area contributed by atoms with Gasteiger partial charge in [0.1, 0.15) is 35.2 Å². The molecule has 4 atom stereocenters. The van der Waals surface area contributed by atoms with E-state index in [0.29, 0.717) is 39.3 Å². The number of aromatic nitrogens is 4. The van der Waals surface area contributed by atoms with Crippen molar-refractivity contribution in [1.29, 1.82) is 0 Å². The number of carbonyl (C=O) groups is 2. The van der Waals surface area contributed by atoms with Gasteiger partial charge in [-0.1, -0.05) is 129 Å². The molecule has 13 nitrogen and oxygen atoms in total. The van der Waals surface area contributed by atoms with E-state index in [1.807, 2.05) is 115 Å². The quantitative estimate of drug-likeness (QED) is 0.0768. The minimum Gasteiger partial charge on any atom is -0.497 e. The first-order chi connectivity index (χ1) is 30.6. The van der Waals surface area contributed by atoms with Crippen molar-refractivity contribution < 1.29 is 42.8 Å². The SMILES string of the molecule is COc1ccc(C(O[C@@H]2[C@H](F)[C@@H](CO)O[C@H]2n2cnc3c(OC(=O)C(c4ccccc4)c4ccccc4)nc(NC(=O)C(C)C)nc32)(c2ccccc2)c2ccc(OC)cc2)cc1. The van der Waals surface area contributed by atoms with Crippen molar-refractivity contribution >= 4 is 29.0 Å². The molecule has 0 aliphatic carbocycles. The number of benzene rings is 5. The zero-order chi connectivity index (χ0) is 44.1. The Kier molecular flexibility index (Phi) is 12.6. The first-order valence-corrected chi connectivity index (χ1v) is 20.4. The van der Waals surface area contributed by atoms with Crippen molar-refractivity contribution in [2.75, 3.05) is 26.1 Å². The smallest absolute Gasteiger partial charge is 0.324 e. The first kappa shape index (κ1) is 42.7. The largest absolute Gasteiger partial charge is 0.497 e. The number of nitrogens with zero attached hydrogens (tertiary/aromatic N) is 4. The molecule has 1 saturated heterocycles. The minimum atomic E-state index is -1.89. The van der Waals surface area contributed by atoms with E-state index in [1.54, 1.807) is 52.3 Å². The van der Waals surface area contributed by atoms with Crippen LogP contribution in [0.15, 0.2) is 146 Å². The number of aliphatic hydroxyl groups excluding tert-OH is 1. The van der Waals surface area contributed by atoms with Crippen LogP contribution in [-0.4, -0.2) is 75.7 Å². The summed E-state index contributed by atoms with van der Waals surface area (Å²) in [6.07, 6.45) is -4.65. The number of ether oxygens (including phenoxy) is 5. The number of alkyl halides is 1. The van der Waals surface area contributed by atoms with Gasteiger partial charge in [0.05, 0.1) is 27.2 Å². The molecule has 0 saturated carbocycles. The molecule has 322 valence electrons. The molecule has 1 aliphatic rings. The lowest BCUT2D eigenvalue weighted by Crippen LogP contribution is -2.42. The fraction of sp³-hybridized carbons (Fsp3) is 0.245. The number of hydrogen-bond acceptors (Lipinski definition) is 11. The van der Waals surface area contributed by atoms with Gasteiger partial charge >= 0.3 is 5.97 Å². The molecule has 63 heavy (non-hydrogen) atoms. The fourth-order valence-corrected chi connectivity index (χ4v) is 7.79. The average molecular weight is 852 g/mol. The number of methoxy groups -OCH3 is 2. The minimum absolute atomic E-state index is 0.0237. The van der Waals surface area contributed by atoms with Crippen LogP contribution >= 0.6 is 0 Å². The number of hydrogen-bond donors (Lipinski definition) is 2. The Morgan fingerprint density at radius 1 is 0.778 bits per heavy atom. The maximum atomic E-state index is 17.2.